The van der Waals surface area contributed by atoms with E-state index in [-0.39, 0.29) is 0 Å². The lowest BCUT2D eigenvalue weighted by Crippen LogP contribution is -2.08. The maximum Gasteiger partial charge on any atom is 0.160 e. The second-order valence-electron chi connectivity index (χ2n) is 7.64. The number of aliphatic imine (C=N–C) groups is 1. The summed E-state index contributed by atoms with van der Waals surface area (Å²) in [6.07, 6.45) is 3.55. The Morgan fingerprint density at radius 1 is 0.862 bits per heavy atom. The molecule has 0 N–H and O–H groups in total. The highest BCUT2D eigenvalue weighted by atomic mass is 32.1. The van der Waals surface area contributed by atoms with E-state index in [4.69, 9.17) is 4.99 Å². The molecule has 4 nitrogen and oxygen atoms in total. The minimum atomic E-state index is 0.562. The van der Waals surface area contributed by atoms with Gasteiger partial charge in [-0.2, -0.15) is 0 Å². The number of aryl methyl sites for hydroxylation is 2. The Hall–Kier alpha value is -3.05. The van der Waals surface area contributed by atoms with Gasteiger partial charge in [0.15, 0.2) is 5.82 Å². The van der Waals surface area contributed by atoms with E-state index in [1.165, 1.54) is 50.5 Å². The Labute approximate surface area is 173 Å². The molecule has 6 rings (SSSR count). The fourth-order valence-electron chi connectivity index (χ4n) is 4.48. The second-order valence-corrected chi connectivity index (χ2v) is 8.73. The van der Waals surface area contributed by atoms with Crippen molar-refractivity contribution in [1.82, 2.24) is 14.8 Å². The maximum absolute atomic E-state index is 5.04. The summed E-state index contributed by atoms with van der Waals surface area (Å²) in [7, 11) is 0. The Kier molecular flexibility index (Phi) is 3.78. The first kappa shape index (κ1) is 16.9. The standard InChI is InChI=1S/C24H20N4S/c1-15-26-27-21-14-25-23(22-19-8-5-9-20(19)29-24(22)28(15)21)18-12-10-17(11-13-18)16-6-3-2-4-7-16/h2-4,6-7,10-13H,5,8-9,14H2,1H3. The zero-order valence-corrected chi connectivity index (χ0v) is 17.0. The number of thiophene rings is 1. The first-order chi connectivity index (χ1) is 14.3. The Bertz CT molecular complexity index is 1250. The molecule has 0 fully saturated rings. The average Bonchev–Trinajstić information content (AvgIpc) is 3.42. The molecule has 0 spiro atoms. The third-order valence-corrected chi connectivity index (χ3v) is 7.16. The van der Waals surface area contributed by atoms with Crippen molar-refractivity contribution in [3.05, 3.63) is 87.8 Å². The zero-order chi connectivity index (χ0) is 19.4. The van der Waals surface area contributed by atoms with E-state index in [0.717, 1.165) is 23.8 Å². The van der Waals surface area contributed by atoms with Crippen molar-refractivity contribution < 1.29 is 0 Å². The number of hydrogen-bond donors (Lipinski definition) is 0. The van der Waals surface area contributed by atoms with Crippen molar-refractivity contribution in [2.24, 2.45) is 4.99 Å². The highest BCUT2D eigenvalue weighted by Gasteiger charge is 2.30. The summed E-state index contributed by atoms with van der Waals surface area (Å²) in [4.78, 5) is 6.55. The maximum atomic E-state index is 5.04. The van der Waals surface area contributed by atoms with E-state index in [1.54, 1.807) is 0 Å². The number of aromatic nitrogens is 3. The van der Waals surface area contributed by atoms with Crippen molar-refractivity contribution >= 4 is 17.0 Å². The summed E-state index contributed by atoms with van der Waals surface area (Å²) < 4.78 is 2.22. The van der Waals surface area contributed by atoms with Crippen LogP contribution in [0.15, 0.2) is 59.6 Å². The van der Waals surface area contributed by atoms with E-state index < -0.39 is 0 Å². The Morgan fingerprint density at radius 2 is 1.62 bits per heavy atom. The van der Waals surface area contributed by atoms with Crippen molar-refractivity contribution in [3.8, 4) is 16.1 Å². The number of benzene rings is 2. The quantitative estimate of drug-likeness (QED) is 0.471. The molecule has 0 unspecified atom stereocenters. The average molecular weight is 397 g/mol. The molecule has 0 amide bonds. The summed E-state index contributed by atoms with van der Waals surface area (Å²) in [5.74, 6) is 1.87. The van der Waals surface area contributed by atoms with Crippen LogP contribution >= 0.6 is 11.3 Å². The molecule has 2 aliphatic rings. The van der Waals surface area contributed by atoms with Crippen LogP contribution in [0.3, 0.4) is 0 Å². The molecule has 0 bridgehead atoms. The fraction of sp³-hybridized carbons (Fsp3) is 0.208. The van der Waals surface area contributed by atoms with Gasteiger partial charge in [0.05, 0.1) is 5.71 Å². The van der Waals surface area contributed by atoms with Gasteiger partial charge in [-0.3, -0.25) is 9.56 Å². The molecule has 0 radical (unpaired) electrons. The van der Waals surface area contributed by atoms with Gasteiger partial charge in [-0.05, 0) is 42.9 Å². The second kappa shape index (κ2) is 6.49. The summed E-state index contributed by atoms with van der Waals surface area (Å²) in [6.45, 7) is 2.59. The van der Waals surface area contributed by atoms with Crippen molar-refractivity contribution in [2.45, 2.75) is 32.7 Å². The van der Waals surface area contributed by atoms with Crippen LogP contribution in [0.25, 0.3) is 16.1 Å². The first-order valence-corrected chi connectivity index (χ1v) is 10.9. The molecular weight excluding hydrogens is 376 g/mol. The largest absolute Gasteiger partial charge is 0.276 e. The van der Waals surface area contributed by atoms with E-state index in [1.807, 2.05) is 18.3 Å². The SMILES string of the molecule is Cc1nnc2n1-c1sc3c(c1C(c1ccc(-c4ccccc4)cc1)=NC2)CCC3. The van der Waals surface area contributed by atoms with E-state index in [2.05, 4.69) is 69.4 Å². The van der Waals surface area contributed by atoms with Gasteiger partial charge in [-0.1, -0.05) is 54.6 Å². The molecule has 142 valence electrons. The van der Waals surface area contributed by atoms with Gasteiger partial charge in [0.1, 0.15) is 17.4 Å². The van der Waals surface area contributed by atoms with Gasteiger partial charge >= 0.3 is 0 Å². The van der Waals surface area contributed by atoms with Crippen LogP contribution in [0.2, 0.25) is 0 Å². The number of fused-ring (bicyclic) bond motifs is 5. The highest BCUT2D eigenvalue weighted by Crippen LogP contribution is 2.41. The minimum Gasteiger partial charge on any atom is -0.276 e. The lowest BCUT2D eigenvalue weighted by Gasteiger charge is -2.11. The monoisotopic (exact) mass is 396 g/mol. The summed E-state index contributed by atoms with van der Waals surface area (Å²) in [5.41, 5.74) is 7.53. The molecule has 29 heavy (non-hydrogen) atoms. The number of rotatable bonds is 2. The lowest BCUT2D eigenvalue weighted by atomic mass is 9.97. The minimum absolute atomic E-state index is 0.562. The Balaban J connectivity index is 1.50. The smallest absolute Gasteiger partial charge is 0.160 e. The van der Waals surface area contributed by atoms with Gasteiger partial charge in [0.2, 0.25) is 0 Å². The molecule has 1 aliphatic heterocycles. The summed E-state index contributed by atoms with van der Waals surface area (Å²) >= 11 is 1.90. The topological polar surface area (TPSA) is 43.1 Å². The van der Waals surface area contributed by atoms with Gasteiger partial charge in [0.25, 0.3) is 0 Å². The van der Waals surface area contributed by atoms with Crippen molar-refractivity contribution in [1.29, 1.82) is 0 Å². The Morgan fingerprint density at radius 3 is 2.45 bits per heavy atom. The van der Waals surface area contributed by atoms with Crippen LogP contribution in [-0.4, -0.2) is 20.5 Å². The normalized spacial score (nSPS) is 14.7. The molecule has 3 heterocycles. The van der Waals surface area contributed by atoms with Crippen LogP contribution in [0, 0.1) is 6.92 Å². The lowest BCUT2D eigenvalue weighted by molar-refractivity contribution is 0.868. The van der Waals surface area contributed by atoms with Crippen molar-refractivity contribution in [3.63, 3.8) is 0 Å². The molecule has 1 aliphatic carbocycles. The van der Waals surface area contributed by atoms with Gasteiger partial charge in [0, 0.05) is 16.0 Å². The van der Waals surface area contributed by atoms with Crippen molar-refractivity contribution in [2.75, 3.05) is 0 Å². The van der Waals surface area contributed by atoms with Crippen LogP contribution in [-0.2, 0) is 19.4 Å². The van der Waals surface area contributed by atoms with E-state index in [0.29, 0.717) is 6.54 Å². The highest BCUT2D eigenvalue weighted by molar-refractivity contribution is 7.15. The van der Waals surface area contributed by atoms with Crippen LogP contribution < -0.4 is 0 Å². The van der Waals surface area contributed by atoms with E-state index >= 15 is 0 Å². The van der Waals surface area contributed by atoms with Crippen LogP contribution in [0.5, 0.6) is 0 Å². The molecule has 0 saturated carbocycles. The number of nitrogens with zero attached hydrogens (tertiary/aromatic N) is 4. The zero-order valence-electron chi connectivity index (χ0n) is 16.2. The molecule has 0 saturated heterocycles. The molecular formula is C24H20N4S. The third kappa shape index (κ3) is 2.61. The molecule has 2 aromatic heterocycles. The fourth-order valence-corrected chi connectivity index (χ4v) is 5.94. The van der Waals surface area contributed by atoms with Gasteiger partial charge in [-0.15, -0.1) is 21.5 Å². The first-order valence-electron chi connectivity index (χ1n) is 10.1. The summed E-state index contributed by atoms with van der Waals surface area (Å²) in [6, 6.07) is 19.3. The molecule has 5 heteroatoms. The van der Waals surface area contributed by atoms with Gasteiger partial charge in [-0.25, -0.2) is 0 Å². The third-order valence-electron chi connectivity index (χ3n) is 5.88. The predicted octanol–water partition coefficient (Wildman–Crippen LogP) is 5.14. The molecule has 2 aromatic carbocycles. The molecule has 4 aromatic rings. The molecule has 0 atom stereocenters. The predicted molar refractivity (Wildman–Crippen MR) is 117 cm³/mol. The van der Waals surface area contributed by atoms with Crippen LogP contribution in [0.4, 0.5) is 0 Å². The van der Waals surface area contributed by atoms with Crippen LogP contribution in [0.1, 0.15) is 39.6 Å². The summed E-state index contributed by atoms with van der Waals surface area (Å²) in [5, 5.41) is 9.95. The number of hydrogen-bond acceptors (Lipinski definition) is 4. The van der Waals surface area contributed by atoms with E-state index in [9.17, 15) is 0 Å². The van der Waals surface area contributed by atoms with Gasteiger partial charge < -0.3 is 0 Å².